The standard InChI is InChI=1S/C11H21NO2/c1-3-13-9-6-11(7-9)5-4-10(2,8-12)14-11/h9H,3-8,12H2,1-2H3. The Bertz CT molecular complexity index is 213. The average molecular weight is 199 g/mol. The predicted molar refractivity (Wildman–Crippen MR) is 55.2 cm³/mol. The highest BCUT2D eigenvalue weighted by Crippen LogP contribution is 2.50. The molecule has 1 heterocycles. The molecule has 1 atom stereocenters. The van der Waals surface area contributed by atoms with E-state index in [1.165, 1.54) is 0 Å². The molecule has 1 unspecified atom stereocenters. The van der Waals surface area contributed by atoms with Crippen LogP contribution < -0.4 is 5.73 Å². The second-order valence-corrected chi connectivity index (χ2v) is 4.92. The van der Waals surface area contributed by atoms with Gasteiger partial charge in [-0.2, -0.15) is 0 Å². The van der Waals surface area contributed by atoms with Crippen molar-refractivity contribution in [3.63, 3.8) is 0 Å². The molecule has 0 bridgehead atoms. The summed E-state index contributed by atoms with van der Waals surface area (Å²) in [6.07, 6.45) is 4.82. The summed E-state index contributed by atoms with van der Waals surface area (Å²) in [4.78, 5) is 0. The van der Waals surface area contributed by atoms with E-state index in [0.717, 1.165) is 32.3 Å². The second-order valence-electron chi connectivity index (χ2n) is 4.92. The van der Waals surface area contributed by atoms with Crippen molar-refractivity contribution in [1.29, 1.82) is 0 Å². The summed E-state index contributed by atoms with van der Waals surface area (Å²) in [5.41, 5.74) is 5.75. The van der Waals surface area contributed by atoms with Crippen LogP contribution in [0.5, 0.6) is 0 Å². The van der Waals surface area contributed by atoms with Crippen molar-refractivity contribution in [3.05, 3.63) is 0 Å². The normalized spacial score (nSPS) is 46.9. The summed E-state index contributed by atoms with van der Waals surface area (Å²) in [6, 6.07) is 0. The number of ether oxygens (including phenoxy) is 2. The van der Waals surface area contributed by atoms with E-state index in [1.807, 2.05) is 6.92 Å². The number of hydrogen-bond donors (Lipinski definition) is 1. The van der Waals surface area contributed by atoms with E-state index in [2.05, 4.69) is 6.92 Å². The number of rotatable bonds is 3. The van der Waals surface area contributed by atoms with Crippen LogP contribution in [0.2, 0.25) is 0 Å². The van der Waals surface area contributed by atoms with Gasteiger partial charge < -0.3 is 15.2 Å². The fraction of sp³-hybridized carbons (Fsp3) is 1.00. The van der Waals surface area contributed by atoms with Gasteiger partial charge in [0.2, 0.25) is 0 Å². The monoisotopic (exact) mass is 199 g/mol. The zero-order valence-corrected chi connectivity index (χ0v) is 9.21. The molecular formula is C11H21NO2. The van der Waals surface area contributed by atoms with Crippen LogP contribution in [0, 0.1) is 0 Å². The molecule has 0 aromatic heterocycles. The Balaban J connectivity index is 1.85. The van der Waals surface area contributed by atoms with Gasteiger partial charge in [0, 0.05) is 26.0 Å². The molecule has 0 aromatic rings. The topological polar surface area (TPSA) is 44.5 Å². The molecule has 2 N–H and O–H groups in total. The van der Waals surface area contributed by atoms with E-state index in [0.29, 0.717) is 12.6 Å². The summed E-state index contributed by atoms with van der Waals surface area (Å²) < 4.78 is 11.6. The quantitative estimate of drug-likeness (QED) is 0.748. The Morgan fingerprint density at radius 3 is 2.64 bits per heavy atom. The first kappa shape index (κ1) is 10.4. The van der Waals surface area contributed by atoms with Crippen molar-refractivity contribution in [1.82, 2.24) is 0 Å². The van der Waals surface area contributed by atoms with Gasteiger partial charge in [-0.1, -0.05) is 0 Å². The first-order chi connectivity index (χ1) is 6.61. The van der Waals surface area contributed by atoms with E-state index in [1.54, 1.807) is 0 Å². The minimum Gasteiger partial charge on any atom is -0.378 e. The summed E-state index contributed by atoms with van der Waals surface area (Å²) >= 11 is 0. The average Bonchev–Trinajstić information content (AvgIpc) is 2.45. The molecule has 3 heteroatoms. The molecule has 0 amide bonds. The minimum absolute atomic E-state index is 0.0722. The lowest BCUT2D eigenvalue weighted by Crippen LogP contribution is -2.50. The molecule has 14 heavy (non-hydrogen) atoms. The third kappa shape index (κ3) is 1.69. The zero-order valence-electron chi connectivity index (χ0n) is 9.21. The van der Waals surface area contributed by atoms with Gasteiger partial charge in [-0.3, -0.25) is 0 Å². The lowest BCUT2D eigenvalue weighted by atomic mass is 9.75. The van der Waals surface area contributed by atoms with Gasteiger partial charge in [0.1, 0.15) is 0 Å². The van der Waals surface area contributed by atoms with Crippen molar-refractivity contribution in [2.24, 2.45) is 5.73 Å². The molecule has 1 saturated carbocycles. The highest BCUT2D eigenvalue weighted by atomic mass is 16.5. The Kier molecular flexibility index (Phi) is 2.58. The third-order valence-corrected chi connectivity index (χ3v) is 3.61. The van der Waals surface area contributed by atoms with Crippen molar-refractivity contribution in [2.45, 2.75) is 56.8 Å². The van der Waals surface area contributed by atoms with Gasteiger partial charge in [-0.25, -0.2) is 0 Å². The summed E-state index contributed by atoms with van der Waals surface area (Å²) in [7, 11) is 0. The van der Waals surface area contributed by atoms with Gasteiger partial charge in [-0.05, 0) is 26.7 Å². The van der Waals surface area contributed by atoms with Crippen LogP contribution in [0.4, 0.5) is 0 Å². The highest BCUT2D eigenvalue weighted by molar-refractivity contribution is 5.04. The Morgan fingerprint density at radius 2 is 2.14 bits per heavy atom. The first-order valence-corrected chi connectivity index (χ1v) is 5.63. The Morgan fingerprint density at radius 1 is 1.43 bits per heavy atom. The Labute approximate surface area is 85.9 Å². The largest absolute Gasteiger partial charge is 0.378 e. The number of hydrogen-bond acceptors (Lipinski definition) is 3. The van der Waals surface area contributed by atoms with Crippen molar-refractivity contribution >= 4 is 0 Å². The van der Waals surface area contributed by atoms with Gasteiger partial charge in [0.25, 0.3) is 0 Å². The minimum atomic E-state index is -0.0722. The molecule has 1 saturated heterocycles. The van der Waals surface area contributed by atoms with E-state index < -0.39 is 0 Å². The van der Waals surface area contributed by atoms with Crippen LogP contribution in [0.25, 0.3) is 0 Å². The van der Waals surface area contributed by atoms with Crippen LogP contribution in [0.3, 0.4) is 0 Å². The maximum Gasteiger partial charge on any atom is 0.0784 e. The van der Waals surface area contributed by atoms with Crippen molar-refractivity contribution in [2.75, 3.05) is 13.2 Å². The summed E-state index contributed by atoms with van der Waals surface area (Å²) in [5, 5.41) is 0. The molecule has 1 aliphatic carbocycles. The SMILES string of the molecule is CCOC1CC2(CCC(C)(CN)O2)C1. The van der Waals surface area contributed by atoms with Crippen LogP contribution in [-0.4, -0.2) is 30.5 Å². The van der Waals surface area contributed by atoms with E-state index in [9.17, 15) is 0 Å². The Hall–Kier alpha value is -0.120. The third-order valence-electron chi connectivity index (χ3n) is 3.61. The maximum absolute atomic E-state index is 6.09. The van der Waals surface area contributed by atoms with Crippen LogP contribution in [-0.2, 0) is 9.47 Å². The smallest absolute Gasteiger partial charge is 0.0784 e. The molecule has 1 aliphatic heterocycles. The highest BCUT2D eigenvalue weighted by Gasteiger charge is 2.53. The van der Waals surface area contributed by atoms with Gasteiger partial charge >= 0.3 is 0 Å². The van der Waals surface area contributed by atoms with Crippen LogP contribution in [0.1, 0.15) is 39.5 Å². The van der Waals surface area contributed by atoms with Crippen LogP contribution in [0.15, 0.2) is 0 Å². The van der Waals surface area contributed by atoms with Crippen molar-refractivity contribution in [3.8, 4) is 0 Å². The molecule has 0 aromatic carbocycles. The van der Waals surface area contributed by atoms with E-state index in [4.69, 9.17) is 15.2 Å². The summed E-state index contributed by atoms with van der Waals surface area (Å²) in [6.45, 7) is 5.61. The molecule has 2 aliphatic rings. The molecular weight excluding hydrogens is 178 g/mol. The fourth-order valence-corrected chi connectivity index (χ4v) is 2.67. The first-order valence-electron chi connectivity index (χ1n) is 5.63. The second kappa shape index (κ2) is 3.47. The maximum atomic E-state index is 6.09. The zero-order chi connectivity index (χ0) is 10.2. The van der Waals surface area contributed by atoms with Crippen LogP contribution >= 0.6 is 0 Å². The molecule has 2 rings (SSSR count). The lowest BCUT2D eigenvalue weighted by molar-refractivity contribution is -0.184. The van der Waals surface area contributed by atoms with E-state index >= 15 is 0 Å². The molecule has 2 fully saturated rings. The van der Waals surface area contributed by atoms with Gasteiger partial charge in [0.05, 0.1) is 17.3 Å². The molecule has 3 nitrogen and oxygen atoms in total. The lowest BCUT2D eigenvalue weighted by Gasteiger charge is -2.45. The molecule has 0 radical (unpaired) electrons. The van der Waals surface area contributed by atoms with E-state index in [-0.39, 0.29) is 11.2 Å². The predicted octanol–water partition coefficient (Wildman–Crippen LogP) is 1.45. The molecule has 1 spiro atoms. The summed E-state index contributed by atoms with van der Waals surface area (Å²) in [5.74, 6) is 0. The van der Waals surface area contributed by atoms with Crippen molar-refractivity contribution < 1.29 is 9.47 Å². The fourth-order valence-electron chi connectivity index (χ4n) is 2.67. The number of nitrogens with two attached hydrogens (primary N) is 1. The van der Waals surface area contributed by atoms with Gasteiger partial charge in [0.15, 0.2) is 0 Å². The van der Waals surface area contributed by atoms with Gasteiger partial charge in [-0.15, -0.1) is 0 Å². The molecule has 82 valence electrons.